The number of hydrogen-bond acceptors (Lipinski definition) is 2. The molecule has 2 heteroatoms. The van der Waals surface area contributed by atoms with Crippen molar-refractivity contribution in [3.63, 3.8) is 0 Å². The van der Waals surface area contributed by atoms with Crippen molar-refractivity contribution in [2.45, 2.75) is 25.3 Å². The van der Waals surface area contributed by atoms with Gasteiger partial charge >= 0.3 is 0 Å². The summed E-state index contributed by atoms with van der Waals surface area (Å²) in [4.78, 5) is 2.30. The van der Waals surface area contributed by atoms with Crippen LogP contribution in [0, 0.1) is 0 Å². The molecule has 0 radical (unpaired) electrons. The van der Waals surface area contributed by atoms with Crippen molar-refractivity contribution in [3.8, 4) is 5.75 Å². The molecule has 0 amide bonds. The lowest BCUT2D eigenvalue weighted by Crippen LogP contribution is -2.24. The number of hydrogen-bond donors (Lipinski definition) is 0. The van der Waals surface area contributed by atoms with E-state index in [1.165, 1.54) is 30.4 Å². The lowest BCUT2D eigenvalue weighted by Gasteiger charge is -2.31. The van der Waals surface area contributed by atoms with Gasteiger partial charge in [-0.15, -0.1) is 0 Å². The van der Waals surface area contributed by atoms with Crippen molar-refractivity contribution in [3.05, 3.63) is 29.3 Å². The first kappa shape index (κ1) is 10.5. The Hall–Kier alpha value is -1.02. The first-order valence-corrected chi connectivity index (χ1v) is 5.55. The van der Waals surface area contributed by atoms with Crippen molar-refractivity contribution in [2.24, 2.45) is 0 Å². The lowest BCUT2D eigenvalue weighted by atomic mass is 9.87. The van der Waals surface area contributed by atoms with Gasteiger partial charge in [-0.25, -0.2) is 0 Å². The minimum atomic E-state index is 0.559. The molecule has 0 spiro atoms. The Morgan fingerprint density at radius 2 is 2.13 bits per heavy atom. The average Bonchev–Trinajstić information content (AvgIpc) is 2.27. The van der Waals surface area contributed by atoms with E-state index in [0.717, 1.165) is 5.75 Å². The molecule has 0 fully saturated rings. The molecule has 1 atom stereocenters. The average molecular weight is 205 g/mol. The van der Waals surface area contributed by atoms with Gasteiger partial charge in [-0.2, -0.15) is 0 Å². The molecule has 0 saturated carbocycles. The maximum Gasteiger partial charge on any atom is 0.119 e. The van der Waals surface area contributed by atoms with Gasteiger partial charge in [0.05, 0.1) is 7.11 Å². The predicted molar refractivity (Wildman–Crippen MR) is 62.4 cm³/mol. The van der Waals surface area contributed by atoms with Gasteiger partial charge in [-0.3, -0.25) is 0 Å². The van der Waals surface area contributed by atoms with Crippen LogP contribution in [0.5, 0.6) is 5.75 Å². The van der Waals surface area contributed by atoms with Crippen LogP contribution in [0.15, 0.2) is 18.2 Å². The largest absolute Gasteiger partial charge is 0.497 e. The molecular formula is C13H19NO. The van der Waals surface area contributed by atoms with Crippen molar-refractivity contribution >= 4 is 0 Å². The summed E-state index contributed by atoms with van der Waals surface area (Å²) in [5.74, 6) is 0.975. The van der Waals surface area contributed by atoms with E-state index in [1.807, 2.05) is 0 Å². The Bertz CT molecular complexity index is 346. The van der Waals surface area contributed by atoms with Gasteiger partial charge in [0.2, 0.25) is 0 Å². The van der Waals surface area contributed by atoms with E-state index in [2.05, 4.69) is 37.2 Å². The third-order valence-corrected chi connectivity index (χ3v) is 3.26. The number of methoxy groups -OCH3 is 1. The zero-order valence-electron chi connectivity index (χ0n) is 9.79. The second-order valence-corrected chi connectivity index (χ2v) is 4.44. The lowest BCUT2D eigenvalue weighted by molar-refractivity contribution is 0.267. The Kier molecular flexibility index (Phi) is 2.96. The summed E-state index contributed by atoms with van der Waals surface area (Å²) in [6, 6.07) is 7.03. The van der Waals surface area contributed by atoms with E-state index < -0.39 is 0 Å². The summed E-state index contributed by atoms with van der Waals surface area (Å²) in [6.07, 6.45) is 3.76. The number of nitrogens with zero attached hydrogens (tertiary/aromatic N) is 1. The molecule has 1 unspecified atom stereocenters. The Morgan fingerprint density at radius 3 is 2.80 bits per heavy atom. The molecule has 1 aromatic carbocycles. The van der Waals surface area contributed by atoms with Crippen LogP contribution in [0.2, 0.25) is 0 Å². The topological polar surface area (TPSA) is 12.5 Å². The highest BCUT2D eigenvalue weighted by atomic mass is 16.5. The Labute approximate surface area is 91.9 Å². The zero-order chi connectivity index (χ0) is 10.8. The molecule has 1 aliphatic carbocycles. The van der Waals surface area contributed by atoms with E-state index in [9.17, 15) is 0 Å². The smallest absolute Gasteiger partial charge is 0.119 e. The van der Waals surface area contributed by atoms with Crippen LogP contribution in [-0.2, 0) is 6.42 Å². The third kappa shape index (κ3) is 2.00. The van der Waals surface area contributed by atoms with E-state index in [-0.39, 0.29) is 0 Å². The summed E-state index contributed by atoms with van der Waals surface area (Å²) < 4.78 is 5.29. The highest BCUT2D eigenvalue weighted by molar-refractivity contribution is 5.39. The highest BCUT2D eigenvalue weighted by Crippen LogP contribution is 2.34. The molecule has 1 aromatic rings. The normalized spacial score (nSPS) is 20.1. The van der Waals surface area contributed by atoms with E-state index in [0.29, 0.717) is 6.04 Å². The number of aryl methyl sites for hydroxylation is 1. The second kappa shape index (κ2) is 4.23. The van der Waals surface area contributed by atoms with Gasteiger partial charge in [0, 0.05) is 6.04 Å². The minimum absolute atomic E-state index is 0.559. The van der Waals surface area contributed by atoms with Gasteiger partial charge in [-0.1, -0.05) is 6.07 Å². The molecule has 2 rings (SSSR count). The van der Waals surface area contributed by atoms with Crippen molar-refractivity contribution in [1.82, 2.24) is 4.90 Å². The molecule has 1 aliphatic rings. The number of benzene rings is 1. The van der Waals surface area contributed by atoms with Crippen LogP contribution >= 0.6 is 0 Å². The maximum absolute atomic E-state index is 5.29. The predicted octanol–water partition coefficient (Wildman–Crippen LogP) is 2.63. The van der Waals surface area contributed by atoms with Gasteiger partial charge in [0.25, 0.3) is 0 Å². The fourth-order valence-corrected chi connectivity index (χ4v) is 2.42. The number of fused-ring (bicyclic) bond motifs is 1. The van der Waals surface area contributed by atoms with Crippen molar-refractivity contribution in [1.29, 1.82) is 0 Å². The molecule has 0 N–H and O–H groups in total. The maximum atomic E-state index is 5.29. The quantitative estimate of drug-likeness (QED) is 0.736. The van der Waals surface area contributed by atoms with Crippen LogP contribution in [0.3, 0.4) is 0 Å². The van der Waals surface area contributed by atoms with Crippen LogP contribution in [-0.4, -0.2) is 26.1 Å². The molecule has 2 nitrogen and oxygen atoms in total. The second-order valence-electron chi connectivity index (χ2n) is 4.44. The molecule has 0 heterocycles. The molecule has 0 saturated heterocycles. The molecule has 0 bridgehead atoms. The minimum Gasteiger partial charge on any atom is -0.497 e. The molecule has 0 aromatic heterocycles. The first-order chi connectivity index (χ1) is 7.22. The Morgan fingerprint density at radius 1 is 1.33 bits per heavy atom. The van der Waals surface area contributed by atoms with Crippen LogP contribution in [0.4, 0.5) is 0 Å². The number of rotatable bonds is 2. The fraction of sp³-hybridized carbons (Fsp3) is 0.538. The zero-order valence-corrected chi connectivity index (χ0v) is 9.79. The van der Waals surface area contributed by atoms with E-state index in [1.54, 1.807) is 7.11 Å². The summed E-state index contributed by atoms with van der Waals surface area (Å²) in [6.45, 7) is 0. The SMILES string of the molecule is COc1ccc2c(c1)C(N(C)C)CCC2. The van der Waals surface area contributed by atoms with Crippen LogP contribution in [0.25, 0.3) is 0 Å². The monoisotopic (exact) mass is 205 g/mol. The van der Waals surface area contributed by atoms with Crippen molar-refractivity contribution in [2.75, 3.05) is 21.2 Å². The molecule has 15 heavy (non-hydrogen) atoms. The van der Waals surface area contributed by atoms with Gasteiger partial charge < -0.3 is 9.64 Å². The first-order valence-electron chi connectivity index (χ1n) is 5.55. The molecule has 0 aliphatic heterocycles. The summed E-state index contributed by atoms with van der Waals surface area (Å²) in [5.41, 5.74) is 2.94. The van der Waals surface area contributed by atoms with Crippen molar-refractivity contribution < 1.29 is 4.74 Å². The summed E-state index contributed by atoms with van der Waals surface area (Å²) >= 11 is 0. The molecule has 82 valence electrons. The van der Waals surface area contributed by atoms with Crippen LogP contribution < -0.4 is 4.74 Å². The number of ether oxygens (including phenoxy) is 1. The van der Waals surface area contributed by atoms with Gasteiger partial charge in [0.15, 0.2) is 0 Å². The van der Waals surface area contributed by atoms with Gasteiger partial charge in [0.1, 0.15) is 5.75 Å². The van der Waals surface area contributed by atoms with Gasteiger partial charge in [-0.05, 0) is 56.6 Å². The standard InChI is InChI=1S/C13H19NO/c1-14(2)13-6-4-5-10-7-8-11(15-3)9-12(10)13/h7-9,13H,4-6H2,1-3H3. The van der Waals surface area contributed by atoms with Crippen LogP contribution in [0.1, 0.15) is 30.0 Å². The highest BCUT2D eigenvalue weighted by Gasteiger charge is 2.21. The Balaban J connectivity index is 2.39. The summed E-state index contributed by atoms with van der Waals surface area (Å²) in [7, 11) is 6.04. The van der Waals surface area contributed by atoms with E-state index >= 15 is 0 Å². The molecular weight excluding hydrogens is 186 g/mol. The fourth-order valence-electron chi connectivity index (χ4n) is 2.42. The third-order valence-electron chi connectivity index (χ3n) is 3.26. The van der Waals surface area contributed by atoms with E-state index in [4.69, 9.17) is 4.74 Å². The summed E-state index contributed by atoms with van der Waals surface area (Å²) in [5, 5.41) is 0.